The lowest BCUT2D eigenvalue weighted by Gasteiger charge is -2.04. The zero-order valence-corrected chi connectivity index (χ0v) is 17.0. The van der Waals surface area contributed by atoms with Crippen molar-refractivity contribution >= 4 is 28.7 Å². The van der Waals surface area contributed by atoms with Gasteiger partial charge in [-0.1, -0.05) is 11.3 Å². The summed E-state index contributed by atoms with van der Waals surface area (Å²) in [5, 5.41) is 44.8. The third kappa shape index (κ3) is 4.82. The van der Waals surface area contributed by atoms with Crippen molar-refractivity contribution in [3.05, 3.63) is 89.8 Å². The summed E-state index contributed by atoms with van der Waals surface area (Å²) in [6, 6.07) is 8.25. The Labute approximate surface area is 183 Å². The van der Waals surface area contributed by atoms with Crippen molar-refractivity contribution in [2.24, 2.45) is 5.10 Å². The van der Waals surface area contributed by atoms with Gasteiger partial charge < -0.3 is 0 Å². The van der Waals surface area contributed by atoms with Crippen molar-refractivity contribution in [3.63, 3.8) is 0 Å². The topological polar surface area (TPSA) is 202 Å². The Balaban J connectivity index is 1.86. The van der Waals surface area contributed by atoms with Gasteiger partial charge in [0.15, 0.2) is 0 Å². The van der Waals surface area contributed by atoms with E-state index in [-0.39, 0.29) is 22.7 Å². The third-order valence-electron chi connectivity index (χ3n) is 4.43. The first-order valence-corrected chi connectivity index (χ1v) is 9.04. The van der Waals surface area contributed by atoms with Crippen LogP contribution < -0.4 is 5.43 Å². The first kappa shape index (κ1) is 22.6. The highest BCUT2D eigenvalue weighted by molar-refractivity contribution is 6.00. The number of hydrogen-bond donors (Lipinski definition) is 1. The van der Waals surface area contributed by atoms with Crippen LogP contribution in [0.25, 0.3) is 5.69 Å². The predicted molar refractivity (Wildman–Crippen MR) is 112 cm³/mol. The highest BCUT2D eigenvalue weighted by Gasteiger charge is 2.20. The Morgan fingerprint density at radius 3 is 2.15 bits per heavy atom. The van der Waals surface area contributed by atoms with Crippen molar-refractivity contribution < 1.29 is 19.6 Å². The summed E-state index contributed by atoms with van der Waals surface area (Å²) in [5.74, 6) is -0.912. The number of nitro groups is 3. The molecule has 1 aromatic heterocycles. The second-order valence-corrected chi connectivity index (χ2v) is 6.60. The van der Waals surface area contributed by atoms with E-state index in [9.17, 15) is 35.1 Å². The Morgan fingerprint density at radius 2 is 1.58 bits per heavy atom. The highest BCUT2D eigenvalue weighted by Crippen LogP contribution is 2.23. The molecule has 3 aromatic rings. The first-order valence-electron chi connectivity index (χ1n) is 9.04. The van der Waals surface area contributed by atoms with Crippen LogP contribution in [0.4, 0.5) is 17.1 Å². The molecule has 1 N–H and O–H groups in total. The maximum absolute atomic E-state index is 12.4. The molecular weight excluding hydrogens is 440 g/mol. The van der Waals surface area contributed by atoms with E-state index in [0.29, 0.717) is 11.4 Å². The van der Waals surface area contributed by atoms with Crippen LogP contribution in [-0.2, 0) is 0 Å². The quantitative estimate of drug-likeness (QED) is 0.316. The lowest BCUT2D eigenvalue weighted by Crippen LogP contribution is -2.20. The van der Waals surface area contributed by atoms with Crippen LogP contribution in [0.2, 0.25) is 0 Å². The molecule has 0 saturated heterocycles. The fourth-order valence-corrected chi connectivity index (χ4v) is 2.84. The number of benzene rings is 2. The van der Waals surface area contributed by atoms with Gasteiger partial charge in [-0.25, -0.2) is 10.1 Å². The van der Waals surface area contributed by atoms with Crippen LogP contribution in [-0.4, -0.2) is 41.4 Å². The van der Waals surface area contributed by atoms with Gasteiger partial charge in [0.1, 0.15) is 5.69 Å². The Hall–Kier alpha value is -5.08. The number of hydrazone groups is 1. The molecule has 0 aliphatic heterocycles. The van der Waals surface area contributed by atoms with E-state index in [2.05, 4.69) is 20.8 Å². The Bertz CT molecular complexity index is 1300. The van der Waals surface area contributed by atoms with Crippen molar-refractivity contribution in [2.45, 2.75) is 13.8 Å². The summed E-state index contributed by atoms with van der Waals surface area (Å²) in [6.45, 7) is 3.14. The molecule has 0 fully saturated rings. The van der Waals surface area contributed by atoms with Crippen LogP contribution in [0, 0.1) is 37.3 Å². The van der Waals surface area contributed by atoms with E-state index in [1.54, 1.807) is 13.0 Å². The average Bonchev–Trinajstić information content (AvgIpc) is 3.18. The molecule has 0 radical (unpaired) electrons. The molecule has 0 unspecified atom stereocenters. The molecule has 0 bridgehead atoms. The molecule has 0 atom stereocenters. The molecule has 0 spiro atoms. The van der Waals surface area contributed by atoms with Gasteiger partial charge in [-0.15, -0.1) is 5.10 Å². The second kappa shape index (κ2) is 8.96. The number of hydrogen-bond acceptors (Lipinski definition) is 10. The number of aromatic nitrogens is 3. The van der Waals surface area contributed by atoms with Crippen LogP contribution in [0.3, 0.4) is 0 Å². The molecule has 33 heavy (non-hydrogen) atoms. The lowest BCUT2D eigenvalue weighted by atomic mass is 10.1. The summed E-state index contributed by atoms with van der Waals surface area (Å²) >= 11 is 0. The number of nitrogens with zero attached hydrogens (tertiary/aromatic N) is 7. The van der Waals surface area contributed by atoms with E-state index < -0.39 is 32.1 Å². The summed E-state index contributed by atoms with van der Waals surface area (Å²) in [6.07, 6.45) is 0. The van der Waals surface area contributed by atoms with Crippen molar-refractivity contribution in [3.8, 4) is 5.69 Å². The van der Waals surface area contributed by atoms with Gasteiger partial charge in [-0.3, -0.25) is 35.1 Å². The monoisotopic (exact) mass is 454 g/mol. The molecule has 0 aliphatic rings. The summed E-state index contributed by atoms with van der Waals surface area (Å²) in [4.78, 5) is 43.1. The number of carbonyl (C=O) groups is 1. The van der Waals surface area contributed by atoms with E-state index in [0.717, 1.165) is 18.2 Å². The van der Waals surface area contributed by atoms with Crippen LogP contribution in [0.1, 0.15) is 28.7 Å². The van der Waals surface area contributed by atoms with Crippen molar-refractivity contribution in [1.29, 1.82) is 0 Å². The molecule has 1 heterocycles. The fraction of sp³-hybridized carbons (Fsp3) is 0.111. The SMILES string of the molecule is C/C(=N/NC(=O)c1cc([N+](=O)[O-])cc([N+](=O)[O-])c1)c1nnn(-c2cccc([N+](=O)[O-])c2)c1C. The largest absolute Gasteiger partial charge is 0.277 e. The molecule has 1 amide bonds. The maximum atomic E-state index is 12.4. The standard InChI is InChI=1S/C18H14N8O7/c1-10(17-11(2)23(22-20-17)13-4-3-5-14(8-13)24(28)29)19-21-18(27)12-6-15(25(30)31)9-16(7-12)26(32)33/h3-9H,1-2H3,(H,21,27)/b19-10-. The van der Waals surface area contributed by atoms with E-state index >= 15 is 0 Å². The zero-order chi connectivity index (χ0) is 24.3. The first-order chi connectivity index (χ1) is 15.6. The number of nitro benzene ring substituents is 3. The van der Waals surface area contributed by atoms with Crippen molar-refractivity contribution in [1.82, 2.24) is 20.4 Å². The lowest BCUT2D eigenvalue weighted by molar-refractivity contribution is -0.394. The van der Waals surface area contributed by atoms with Crippen molar-refractivity contribution in [2.75, 3.05) is 0 Å². The second-order valence-electron chi connectivity index (χ2n) is 6.60. The van der Waals surface area contributed by atoms with Crippen LogP contribution in [0.15, 0.2) is 47.6 Å². The van der Waals surface area contributed by atoms with Gasteiger partial charge >= 0.3 is 0 Å². The number of amides is 1. The summed E-state index contributed by atoms with van der Waals surface area (Å²) < 4.78 is 1.35. The van der Waals surface area contributed by atoms with Gasteiger partial charge in [0.05, 0.1) is 43.5 Å². The average molecular weight is 454 g/mol. The molecule has 3 rings (SSSR count). The van der Waals surface area contributed by atoms with Gasteiger partial charge in [0.2, 0.25) is 0 Å². The number of rotatable bonds is 7. The normalized spacial score (nSPS) is 11.2. The molecule has 2 aromatic carbocycles. The molecule has 15 nitrogen and oxygen atoms in total. The summed E-state index contributed by atoms with van der Waals surface area (Å²) in [7, 11) is 0. The summed E-state index contributed by atoms with van der Waals surface area (Å²) in [5.41, 5.74) is 1.80. The number of nitrogens with one attached hydrogen (secondary N) is 1. The molecule has 15 heteroatoms. The van der Waals surface area contributed by atoms with Crippen LogP contribution >= 0.6 is 0 Å². The minimum absolute atomic E-state index is 0.132. The molecule has 168 valence electrons. The molecular formula is C18H14N8O7. The minimum Gasteiger partial charge on any atom is -0.267 e. The van der Waals surface area contributed by atoms with E-state index in [4.69, 9.17) is 0 Å². The zero-order valence-electron chi connectivity index (χ0n) is 17.0. The van der Waals surface area contributed by atoms with Gasteiger partial charge in [-0.05, 0) is 19.9 Å². The Kier molecular flexibility index (Phi) is 6.14. The fourth-order valence-electron chi connectivity index (χ4n) is 2.84. The van der Waals surface area contributed by atoms with Gasteiger partial charge in [0.25, 0.3) is 23.0 Å². The maximum Gasteiger partial charge on any atom is 0.277 e. The molecule has 0 aliphatic carbocycles. The Morgan fingerprint density at radius 1 is 0.970 bits per heavy atom. The number of non-ortho nitro benzene ring substituents is 3. The predicted octanol–water partition coefficient (Wildman–Crippen LogP) is 2.45. The smallest absolute Gasteiger partial charge is 0.267 e. The van der Waals surface area contributed by atoms with E-state index in [1.165, 1.54) is 29.8 Å². The minimum atomic E-state index is -0.912. The molecule has 0 saturated carbocycles. The third-order valence-corrected chi connectivity index (χ3v) is 4.43. The van der Waals surface area contributed by atoms with Crippen LogP contribution in [0.5, 0.6) is 0 Å². The highest BCUT2D eigenvalue weighted by atomic mass is 16.6. The van der Waals surface area contributed by atoms with E-state index in [1.807, 2.05) is 0 Å². The van der Waals surface area contributed by atoms with Gasteiger partial charge in [0, 0.05) is 24.3 Å². The number of carbonyl (C=O) groups excluding carboxylic acids is 1. The van der Waals surface area contributed by atoms with Gasteiger partial charge in [-0.2, -0.15) is 5.10 Å².